The van der Waals surface area contributed by atoms with Crippen LogP contribution in [0.4, 0.5) is 0 Å². The number of halogens is 1. The topological polar surface area (TPSA) is 91.8 Å². The molecule has 2 rings (SSSR count). The Labute approximate surface area is 203 Å². The third kappa shape index (κ3) is 10.4. The van der Waals surface area contributed by atoms with E-state index in [4.69, 9.17) is 4.74 Å². The summed E-state index contributed by atoms with van der Waals surface area (Å²) in [5, 5.41) is 6.56. The summed E-state index contributed by atoms with van der Waals surface area (Å²) in [4.78, 5) is 4.81. The van der Waals surface area contributed by atoms with Crippen molar-refractivity contribution >= 4 is 40.0 Å². The molecular formula is C22H33IN4O3S. The molecule has 2 aromatic rings. The first-order valence-electron chi connectivity index (χ1n) is 10.2. The summed E-state index contributed by atoms with van der Waals surface area (Å²) in [6.07, 6.45) is 2.00. The SMILES string of the molecule is CCNC(=NCc1cccc(S(=O)(=O)NCCOC)c1)NCCCc1ccccc1.I. The minimum absolute atomic E-state index is 0. The van der Waals surface area contributed by atoms with Crippen LogP contribution in [0, 0.1) is 0 Å². The minimum Gasteiger partial charge on any atom is -0.383 e. The molecule has 31 heavy (non-hydrogen) atoms. The lowest BCUT2D eigenvalue weighted by Crippen LogP contribution is -2.37. The molecule has 0 bridgehead atoms. The number of aliphatic imine (C=N–C) groups is 1. The van der Waals surface area contributed by atoms with Crippen LogP contribution in [0.1, 0.15) is 24.5 Å². The molecule has 9 heteroatoms. The van der Waals surface area contributed by atoms with Crippen molar-refractivity contribution in [2.24, 2.45) is 4.99 Å². The number of hydrogen-bond acceptors (Lipinski definition) is 4. The Morgan fingerprint density at radius 2 is 1.74 bits per heavy atom. The van der Waals surface area contributed by atoms with Gasteiger partial charge in [-0.1, -0.05) is 42.5 Å². The first kappa shape index (κ1) is 27.3. The van der Waals surface area contributed by atoms with E-state index in [1.165, 1.54) is 12.7 Å². The van der Waals surface area contributed by atoms with Crippen LogP contribution < -0.4 is 15.4 Å². The van der Waals surface area contributed by atoms with Crippen LogP contribution in [0.15, 0.2) is 64.5 Å². The maximum atomic E-state index is 12.4. The van der Waals surface area contributed by atoms with Gasteiger partial charge in [0, 0.05) is 26.7 Å². The highest BCUT2D eigenvalue weighted by molar-refractivity contribution is 14.0. The Morgan fingerprint density at radius 1 is 1.00 bits per heavy atom. The monoisotopic (exact) mass is 560 g/mol. The van der Waals surface area contributed by atoms with Crippen molar-refractivity contribution in [3.63, 3.8) is 0 Å². The molecule has 0 aromatic heterocycles. The molecule has 0 fully saturated rings. The minimum atomic E-state index is -3.56. The quantitative estimate of drug-likeness (QED) is 0.161. The van der Waals surface area contributed by atoms with Gasteiger partial charge < -0.3 is 15.4 Å². The van der Waals surface area contributed by atoms with Crippen LogP contribution in [-0.2, 0) is 27.7 Å². The van der Waals surface area contributed by atoms with Crippen LogP contribution in [-0.4, -0.2) is 47.7 Å². The number of nitrogens with one attached hydrogen (secondary N) is 3. The van der Waals surface area contributed by atoms with Gasteiger partial charge in [-0.25, -0.2) is 18.1 Å². The second kappa shape index (κ2) is 15.2. The predicted molar refractivity (Wildman–Crippen MR) is 137 cm³/mol. The third-order valence-corrected chi connectivity index (χ3v) is 5.81. The van der Waals surface area contributed by atoms with E-state index in [1.54, 1.807) is 18.2 Å². The predicted octanol–water partition coefficient (Wildman–Crippen LogP) is 2.92. The molecule has 0 radical (unpaired) electrons. The molecule has 172 valence electrons. The normalized spacial score (nSPS) is 11.6. The van der Waals surface area contributed by atoms with E-state index in [0.29, 0.717) is 13.2 Å². The van der Waals surface area contributed by atoms with Crippen molar-refractivity contribution in [2.75, 3.05) is 33.4 Å². The zero-order valence-electron chi connectivity index (χ0n) is 18.1. The van der Waals surface area contributed by atoms with Crippen molar-refractivity contribution in [2.45, 2.75) is 31.2 Å². The molecule has 7 nitrogen and oxygen atoms in total. The first-order chi connectivity index (χ1) is 14.5. The van der Waals surface area contributed by atoms with E-state index in [1.807, 2.05) is 19.1 Å². The average Bonchev–Trinajstić information content (AvgIpc) is 2.76. The maximum absolute atomic E-state index is 12.4. The maximum Gasteiger partial charge on any atom is 0.240 e. The molecule has 0 heterocycles. The molecule has 2 aromatic carbocycles. The van der Waals surface area contributed by atoms with E-state index in [-0.39, 0.29) is 35.4 Å². The van der Waals surface area contributed by atoms with Crippen LogP contribution in [0.2, 0.25) is 0 Å². The summed E-state index contributed by atoms with van der Waals surface area (Å²) in [6, 6.07) is 17.2. The number of hydrogen-bond donors (Lipinski definition) is 3. The highest BCUT2D eigenvalue weighted by Crippen LogP contribution is 2.12. The van der Waals surface area contributed by atoms with E-state index in [9.17, 15) is 8.42 Å². The van der Waals surface area contributed by atoms with Gasteiger partial charge in [0.1, 0.15) is 0 Å². The van der Waals surface area contributed by atoms with Gasteiger partial charge in [0.25, 0.3) is 0 Å². The molecule has 0 aliphatic heterocycles. The number of ether oxygens (including phenoxy) is 1. The molecular weight excluding hydrogens is 527 g/mol. The third-order valence-electron chi connectivity index (χ3n) is 4.35. The van der Waals surface area contributed by atoms with Gasteiger partial charge in [-0.05, 0) is 43.0 Å². The van der Waals surface area contributed by atoms with Gasteiger partial charge in [-0.3, -0.25) is 0 Å². The Kier molecular flexibility index (Phi) is 13.4. The second-order valence-electron chi connectivity index (χ2n) is 6.75. The van der Waals surface area contributed by atoms with Crippen molar-refractivity contribution in [1.82, 2.24) is 15.4 Å². The molecule has 0 spiro atoms. The van der Waals surface area contributed by atoms with Crippen LogP contribution in [0.5, 0.6) is 0 Å². The smallest absolute Gasteiger partial charge is 0.240 e. The number of guanidine groups is 1. The average molecular weight is 561 g/mol. The number of methoxy groups -OCH3 is 1. The van der Waals surface area contributed by atoms with Crippen molar-refractivity contribution < 1.29 is 13.2 Å². The molecule has 0 unspecified atom stereocenters. The van der Waals surface area contributed by atoms with Gasteiger partial charge in [0.2, 0.25) is 10.0 Å². The Hall–Kier alpha value is -1.69. The zero-order valence-corrected chi connectivity index (χ0v) is 21.3. The number of aryl methyl sites for hydroxylation is 1. The number of benzene rings is 2. The lowest BCUT2D eigenvalue weighted by atomic mass is 10.1. The Balaban J connectivity index is 0.00000480. The number of rotatable bonds is 12. The highest BCUT2D eigenvalue weighted by atomic mass is 127. The van der Waals surface area contributed by atoms with Crippen LogP contribution >= 0.6 is 24.0 Å². The fraction of sp³-hybridized carbons (Fsp3) is 0.409. The molecule has 0 aliphatic rings. The number of sulfonamides is 1. The van der Waals surface area contributed by atoms with Gasteiger partial charge in [-0.2, -0.15) is 0 Å². The van der Waals surface area contributed by atoms with Crippen LogP contribution in [0.25, 0.3) is 0 Å². The highest BCUT2D eigenvalue weighted by Gasteiger charge is 2.13. The van der Waals surface area contributed by atoms with Crippen molar-refractivity contribution in [3.8, 4) is 0 Å². The van der Waals surface area contributed by atoms with E-state index in [0.717, 1.165) is 37.5 Å². The second-order valence-corrected chi connectivity index (χ2v) is 8.52. The lowest BCUT2D eigenvalue weighted by Gasteiger charge is -2.12. The Bertz CT molecular complexity index is 893. The standard InChI is InChI=1S/C22H32N4O3S.HI/c1-3-23-22(24-14-8-12-19-9-5-4-6-10-19)25-18-20-11-7-13-21(17-20)30(27,28)26-15-16-29-2;/h4-7,9-11,13,17,26H,3,8,12,14-16,18H2,1-2H3,(H2,23,24,25);1H. The summed E-state index contributed by atoms with van der Waals surface area (Å²) in [7, 11) is -2.03. The molecule has 0 saturated carbocycles. The summed E-state index contributed by atoms with van der Waals surface area (Å²) >= 11 is 0. The number of nitrogens with zero attached hydrogens (tertiary/aromatic N) is 1. The van der Waals surface area contributed by atoms with Crippen molar-refractivity contribution in [3.05, 3.63) is 65.7 Å². The first-order valence-corrected chi connectivity index (χ1v) is 11.7. The summed E-state index contributed by atoms with van der Waals surface area (Å²) in [6.45, 7) is 4.51. The fourth-order valence-electron chi connectivity index (χ4n) is 2.83. The Morgan fingerprint density at radius 3 is 2.45 bits per heavy atom. The van der Waals surface area contributed by atoms with Gasteiger partial charge in [0.15, 0.2) is 5.96 Å². The van der Waals surface area contributed by atoms with Gasteiger partial charge in [0.05, 0.1) is 18.0 Å². The summed E-state index contributed by atoms with van der Waals surface area (Å²) < 4.78 is 32.1. The molecule has 0 saturated heterocycles. The van der Waals surface area contributed by atoms with Crippen LogP contribution in [0.3, 0.4) is 0 Å². The van der Waals surface area contributed by atoms with E-state index >= 15 is 0 Å². The molecule has 3 N–H and O–H groups in total. The zero-order chi connectivity index (χ0) is 21.7. The molecule has 0 atom stereocenters. The lowest BCUT2D eigenvalue weighted by molar-refractivity contribution is 0.204. The van der Waals surface area contributed by atoms with Gasteiger partial charge >= 0.3 is 0 Å². The van der Waals surface area contributed by atoms with Crippen molar-refractivity contribution in [1.29, 1.82) is 0 Å². The molecule has 0 amide bonds. The van der Waals surface area contributed by atoms with Gasteiger partial charge in [-0.15, -0.1) is 24.0 Å². The fourth-order valence-corrected chi connectivity index (χ4v) is 3.91. The summed E-state index contributed by atoms with van der Waals surface area (Å²) in [5.74, 6) is 0.719. The van der Waals surface area contributed by atoms with E-state index in [2.05, 4.69) is 44.6 Å². The molecule has 0 aliphatic carbocycles. The summed E-state index contributed by atoms with van der Waals surface area (Å²) in [5.41, 5.74) is 2.14. The van der Waals surface area contributed by atoms with E-state index < -0.39 is 10.0 Å². The largest absolute Gasteiger partial charge is 0.383 e.